The van der Waals surface area contributed by atoms with E-state index >= 15 is 0 Å². The van der Waals surface area contributed by atoms with Gasteiger partial charge >= 0.3 is 11.9 Å². The van der Waals surface area contributed by atoms with Crippen molar-refractivity contribution in [1.82, 2.24) is 14.7 Å². The van der Waals surface area contributed by atoms with Crippen LogP contribution in [0.1, 0.15) is 11.1 Å². The number of carboxylic acid groups (broad SMARTS) is 2. The smallest absolute Gasteiger partial charge is 0.328 e. The first-order chi connectivity index (χ1) is 16.4. The number of para-hydroxylation sites is 2. The standard InChI is InChI=1S/C21H26N4O.C4H4O4/c1-23-11-13-24(14-12-23)21-22-19-9-5-3-7-17(19)15-25(21)16-18-8-4-6-10-20(18)26-2;5-3(6)1-2-4(7)8/h3-10H,11-16H2,1-2H3;1-2H,(H,5,6)(H,7,8). The van der Waals surface area contributed by atoms with Crippen LogP contribution in [-0.4, -0.2) is 83.1 Å². The molecule has 9 heteroatoms. The molecule has 0 aromatic heterocycles. The Labute approximate surface area is 199 Å². The number of hydrogen-bond donors (Lipinski definition) is 2. The van der Waals surface area contributed by atoms with Crippen molar-refractivity contribution < 1.29 is 24.5 Å². The number of piperazine rings is 1. The highest BCUT2D eigenvalue weighted by Crippen LogP contribution is 2.29. The molecule has 34 heavy (non-hydrogen) atoms. The largest absolute Gasteiger partial charge is 0.496 e. The normalized spacial score (nSPS) is 15.8. The molecule has 2 aromatic carbocycles. The van der Waals surface area contributed by atoms with E-state index in [4.69, 9.17) is 19.9 Å². The highest BCUT2D eigenvalue weighted by Gasteiger charge is 2.27. The summed E-state index contributed by atoms with van der Waals surface area (Å²) in [7, 11) is 3.92. The molecule has 0 unspecified atom stereocenters. The van der Waals surface area contributed by atoms with Crippen LogP contribution in [0.15, 0.2) is 65.7 Å². The van der Waals surface area contributed by atoms with Gasteiger partial charge in [0, 0.05) is 57.0 Å². The van der Waals surface area contributed by atoms with E-state index in [0.717, 1.165) is 56.7 Å². The lowest BCUT2D eigenvalue weighted by molar-refractivity contribution is -0.134. The highest BCUT2D eigenvalue weighted by molar-refractivity contribution is 5.89. The Kier molecular flexibility index (Phi) is 8.64. The fourth-order valence-corrected chi connectivity index (χ4v) is 3.79. The quantitative estimate of drug-likeness (QED) is 0.648. The van der Waals surface area contributed by atoms with Gasteiger partial charge in [-0.05, 0) is 24.7 Å². The van der Waals surface area contributed by atoms with Gasteiger partial charge in [0.05, 0.1) is 12.8 Å². The topological polar surface area (TPSA) is 106 Å². The number of likely N-dealkylation sites (N-methyl/N-ethyl adjacent to an activating group) is 1. The predicted octanol–water partition coefficient (Wildman–Crippen LogP) is 2.66. The molecule has 0 saturated carbocycles. The van der Waals surface area contributed by atoms with E-state index in [1.807, 2.05) is 12.1 Å². The number of rotatable bonds is 5. The van der Waals surface area contributed by atoms with Crippen molar-refractivity contribution >= 4 is 23.6 Å². The fourth-order valence-electron chi connectivity index (χ4n) is 3.79. The lowest BCUT2D eigenvalue weighted by atomic mass is 10.1. The Morgan fingerprint density at radius 3 is 2.24 bits per heavy atom. The van der Waals surface area contributed by atoms with Gasteiger partial charge in [-0.15, -0.1) is 0 Å². The van der Waals surface area contributed by atoms with E-state index in [1.54, 1.807) is 7.11 Å². The molecular weight excluding hydrogens is 436 g/mol. The number of benzene rings is 2. The lowest BCUT2D eigenvalue weighted by Gasteiger charge is -2.41. The van der Waals surface area contributed by atoms with Crippen molar-refractivity contribution in [2.75, 3.05) is 40.3 Å². The second kappa shape index (κ2) is 11.9. The van der Waals surface area contributed by atoms with Crippen molar-refractivity contribution in [3.8, 4) is 5.75 Å². The molecule has 0 spiro atoms. The number of carboxylic acids is 2. The van der Waals surface area contributed by atoms with Crippen LogP contribution < -0.4 is 4.74 Å². The Hall–Kier alpha value is -3.85. The van der Waals surface area contributed by atoms with E-state index in [-0.39, 0.29) is 0 Å². The van der Waals surface area contributed by atoms with Crippen LogP contribution in [0, 0.1) is 0 Å². The molecule has 9 nitrogen and oxygen atoms in total. The third-order valence-corrected chi connectivity index (χ3v) is 5.56. The van der Waals surface area contributed by atoms with Crippen LogP contribution >= 0.6 is 0 Å². The molecule has 2 aliphatic heterocycles. The Morgan fingerprint density at radius 1 is 0.971 bits per heavy atom. The van der Waals surface area contributed by atoms with Gasteiger partial charge < -0.3 is 29.6 Å². The monoisotopic (exact) mass is 466 g/mol. The summed E-state index contributed by atoms with van der Waals surface area (Å²) < 4.78 is 5.56. The molecule has 0 amide bonds. The summed E-state index contributed by atoms with van der Waals surface area (Å²) >= 11 is 0. The Bertz CT molecular complexity index is 1040. The maximum atomic E-state index is 9.55. The summed E-state index contributed by atoms with van der Waals surface area (Å²) in [6.07, 6.45) is 1.12. The zero-order valence-electron chi connectivity index (χ0n) is 19.4. The van der Waals surface area contributed by atoms with Gasteiger partial charge in [0.15, 0.2) is 0 Å². The zero-order chi connectivity index (χ0) is 24.5. The summed E-state index contributed by atoms with van der Waals surface area (Å²) in [5, 5.41) is 15.6. The van der Waals surface area contributed by atoms with Crippen molar-refractivity contribution in [3.05, 3.63) is 71.8 Å². The SMILES string of the molecule is COc1ccccc1CN1Cc2ccccc2N=C1N1CCN(C)CC1.O=C(O)C=CC(=O)O. The van der Waals surface area contributed by atoms with E-state index in [9.17, 15) is 9.59 Å². The molecule has 2 aromatic rings. The third-order valence-electron chi connectivity index (χ3n) is 5.56. The van der Waals surface area contributed by atoms with Crippen molar-refractivity contribution in [2.45, 2.75) is 13.1 Å². The number of fused-ring (bicyclic) bond motifs is 1. The number of aliphatic carboxylic acids is 2. The minimum Gasteiger partial charge on any atom is -0.496 e. The number of ether oxygens (including phenoxy) is 1. The average Bonchev–Trinajstić information content (AvgIpc) is 2.83. The van der Waals surface area contributed by atoms with E-state index < -0.39 is 11.9 Å². The maximum Gasteiger partial charge on any atom is 0.328 e. The van der Waals surface area contributed by atoms with Gasteiger partial charge in [0.1, 0.15) is 5.75 Å². The van der Waals surface area contributed by atoms with Gasteiger partial charge in [-0.1, -0.05) is 36.4 Å². The van der Waals surface area contributed by atoms with Crippen LogP contribution in [0.25, 0.3) is 0 Å². The first kappa shape index (κ1) is 24.8. The molecule has 0 aliphatic carbocycles. The van der Waals surface area contributed by atoms with Crippen molar-refractivity contribution in [3.63, 3.8) is 0 Å². The average molecular weight is 467 g/mol. The summed E-state index contributed by atoms with van der Waals surface area (Å²) in [5.41, 5.74) is 3.56. The van der Waals surface area contributed by atoms with Crippen LogP contribution in [0.3, 0.4) is 0 Å². The van der Waals surface area contributed by atoms with Crippen molar-refractivity contribution in [1.29, 1.82) is 0 Å². The second-order valence-corrected chi connectivity index (χ2v) is 8.01. The summed E-state index contributed by atoms with van der Waals surface area (Å²) in [4.78, 5) is 31.3. The van der Waals surface area contributed by atoms with Crippen LogP contribution in [-0.2, 0) is 22.7 Å². The summed E-state index contributed by atoms with van der Waals surface area (Å²) in [6.45, 7) is 5.84. The van der Waals surface area contributed by atoms with E-state index in [0.29, 0.717) is 12.2 Å². The van der Waals surface area contributed by atoms with E-state index in [1.165, 1.54) is 11.1 Å². The van der Waals surface area contributed by atoms with Gasteiger partial charge in [0.25, 0.3) is 0 Å². The van der Waals surface area contributed by atoms with Crippen LogP contribution in [0.2, 0.25) is 0 Å². The Balaban J connectivity index is 0.000000350. The number of guanidine groups is 1. The summed E-state index contributed by atoms with van der Waals surface area (Å²) in [5.74, 6) is -0.494. The van der Waals surface area contributed by atoms with Gasteiger partial charge in [-0.25, -0.2) is 14.6 Å². The molecule has 1 saturated heterocycles. The van der Waals surface area contributed by atoms with Gasteiger partial charge in [-0.3, -0.25) is 0 Å². The summed E-state index contributed by atoms with van der Waals surface area (Å²) in [6, 6.07) is 16.7. The van der Waals surface area contributed by atoms with Crippen molar-refractivity contribution in [2.24, 2.45) is 4.99 Å². The van der Waals surface area contributed by atoms with E-state index in [2.05, 4.69) is 58.1 Å². The lowest BCUT2D eigenvalue weighted by Crippen LogP contribution is -2.52. The molecular formula is C25H30N4O5. The molecule has 1 fully saturated rings. The molecule has 180 valence electrons. The number of nitrogens with zero attached hydrogens (tertiary/aromatic N) is 4. The molecule has 2 N–H and O–H groups in total. The first-order valence-electron chi connectivity index (χ1n) is 11.0. The third kappa shape index (κ3) is 6.82. The zero-order valence-corrected chi connectivity index (χ0v) is 19.4. The second-order valence-electron chi connectivity index (χ2n) is 8.01. The van der Waals surface area contributed by atoms with Crippen LogP contribution in [0.4, 0.5) is 5.69 Å². The highest BCUT2D eigenvalue weighted by atomic mass is 16.5. The first-order valence-corrected chi connectivity index (χ1v) is 11.0. The minimum atomic E-state index is -1.26. The number of carbonyl (C=O) groups is 2. The molecule has 0 atom stereocenters. The molecule has 0 bridgehead atoms. The number of methoxy groups -OCH3 is 1. The van der Waals surface area contributed by atoms with Gasteiger partial charge in [0.2, 0.25) is 5.96 Å². The maximum absolute atomic E-state index is 9.55. The minimum absolute atomic E-state index is 0.558. The Morgan fingerprint density at radius 2 is 1.59 bits per heavy atom. The molecule has 2 heterocycles. The predicted molar refractivity (Wildman–Crippen MR) is 129 cm³/mol. The number of hydrogen-bond acceptors (Lipinski definition) is 7. The molecule has 4 rings (SSSR count). The van der Waals surface area contributed by atoms with Crippen LogP contribution in [0.5, 0.6) is 5.75 Å². The molecule has 0 radical (unpaired) electrons. The fraction of sp³-hybridized carbons (Fsp3) is 0.320. The number of aliphatic imine (C=N–C) groups is 1. The molecule has 2 aliphatic rings. The van der Waals surface area contributed by atoms with Gasteiger partial charge in [-0.2, -0.15) is 0 Å².